The van der Waals surface area contributed by atoms with Crippen molar-refractivity contribution < 1.29 is 0 Å². The maximum atomic E-state index is 2.51. The van der Waals surface area contributed by atoms with E-state index in [4.69, 9.17) is 0 Å². The Balaban J connectivity index is 0.943. The van der Waals surface area contributed by atoms with E-state index in [0.717, 1.165) is 39.6 Å². The molecule has 1 aromatic heterocycles. The number of para-hydroxylation sites is 6. The molecule has 0 saturated heterocycles. The molecule has 12 aromatic carbocycles. The number of fused-ring (bicyclic) bond motifs is 12. The number of anilines is 6. The standard InChI is InChI=1S/C73H49N3/c1-4-22-51(23-5-1)57-28-10-11-29-58(57)61-31-13-18-36-68(61)74(55-43-40-50(41-44-55)52-42-47-70-63(48-52)62-32-14-19-37-69(62)75(70)53-24-6-2-7-25-53)56-45-46-60-59-30-12-15-33-64(59)73(67(60)49-56)65-34-16-20-38-71(65)76(54-26-8-3-9-27-54)72-39-21-17-35-66(72)73/h1-49H. The molecule has 0 bridgehead atoms. The lowest BCUT2D eigenvalue weighted by atomic mass is 9.64. The van der Waals surface area contributed by atoms with Crippen molar-refractivity contribution in [1.82, 2.24) is 4.57 Å². The van der Waals surface area contributed by atoms with E-state index in [1.54, 1.807) is 0 Å². The largest absolute Gasteiger partial charge is 0.310 e. The first-order valence-electron chi connectivity index (χ1n) is 26.3. The lowest BCUT2D eigenvalue weighted by Crippen LogP contribution is -2.36. The molecule has 13 aromatic rings. The molecule has 0 amide bonds. The van der Waals surface area contributed by atoms with Crippen molar-refractivity contribution >= 4 is 55.9 Å². The fourth-order valence-corrected chi connectivity index (χ4v) is 12.8. The zero-order valence-electron chi connectivity index (χ0n) is 41.6. The van der Waals surface area contributed by atoms with Gasteiger partial charge in [-0.3, -0.25) is 0 Å². The fourth-order valence-electron chi connectivity index (χ4n) is 12.8. The molecule has 1 spiro atoms. The smallest absolute Gasteiger partial charge is 0.0755 e. The topological polar surface area (TPSA) is 11.4 Å². The fraction of sp³-hybridized carbons (Fsp3) is 0.0137. The summed E-state index contributed by atoms with van der Waals surface area (Å²) in [6.07, 6.45) is 0. The second kappa shape index (κ2) is 17.6. The van der Waals surface area contributed by atoms with Crippen molar-refractivity contribution in [3.8, 4) is 50.2 Å². The second-order valence-corrected chi connectivity index (χ2v) is 20.0. The van der Waals surface area contributed by atoms with Gasteiger partial charge in [0.05, 0.1) is 33.5 Å². The number of benzene rings is 12. The highest BCUT2D eigenvalue weighted by Crippen LogP contribution is 2.64. The first kappa shape index (κ1) is 43.6. The highest BCUT2D eigenvalue weighted by molar-refractivity contribution is 6.10. The zero-order chi connectivity index (χ0) is 50.2. The number of nitrogens with zero attached hydrogens (tertiary/aromatic N) is 3. The van der Waals surface area contributed by atoms with Gasteiger partial charge in [-0.2, -0.15) is 0 Å². The average Bonchev–Trinajstić information content (AvgIpc) is 4.20. The molecule has 2 heterocycles. The molecule has 0 N–H and O–H groups in total. The molecule has 2 aliphatic rings. The summed E-state index contributed by atoms with van der Waals surface area (Å²) in [5.74, 6) is 0. The van der Waals surface area contributed by atoms with Gasteiger partial charge in [0.25, 0.3) is 0 Å². The molecule has 15 rings (SSSR count). The van der Waals surface area contributed by atoms with E-state index in [2.05, 4.69) is 312 Å². The van der Waals surface area contributed by atoms with Gasteiger partial charge in [-0.25, -0.2) is 0 Å². The van der Waals surface area contributed by atoms with Crippen LogP contribution in [0.4, 0.5) is 34.1 Å². The number of hydrogen-bond donors (Lipinski definition) is 0. The van der Waals surface area contributed by atoms with Gasteiger partial charge in [0.2, 0.25) is 0 Å². The van der Waals surface area contributed by atoms with E-state index in [-0.39, 0.29) is 0 Å². The van der Waals surface area contributed by atoms with Crippen LogP contribution in [-0.4, -0.2) is 4.57 Å². The van der Waals surface area contributed by atoms with Crippen LogP contribution < -0.4 is 9.80 Å². The van der Waals surface area contributed by atoms with E-state index in [9.17, 15) is 0 Å². The van der Waals surface area contributed by atoms with Crippen LogP contribution in [0.5, 0.6) is 0 Å². The van der Waals surface area contributed by atoms with Crippen LogP contribution in [0.25, 0.3) is 72.0 Å². The summed E-state index contributed by atoms with van der Waals surface area (Å²) in [7, 11) is 0. The average molecular weight is 968 g/mol. The lowest BCUT2D eigenvalue weighted by Gasteiger charge is -2.45. The van der Waals surface area contributed by atoms with E-state index in [1.807, 2.05) is 0 Å². The van der Waals surface area contributed by atoms with Crippen LogP contribution in [0.3, 0.4) is 0 Å². The van der Waals surface area contributed by atoms with Crippen molar-refractivity contribution in [2.45, 2.75) is 5.41 Å². The van der Waals surface area contributed by atoms with Gasteiger partial charge >= 0.3 is 0 Å². The van der Waals surface area contributed by atoms with Crippen molar-refractivity contribution in [3.05, 3.63) is 320 Å². The van der Waals surface area contributed by atoms with Crippen LogP contribution >= 0.6 is 0 Å². The zero-order valence-corrected chi connectivity index (χ0v) is 41.6. The molecule has 0 radical (unpaired) electrons. The molecule has 76 heavy (non-hydrogen) atoms. The molecule has 356 valence electrons. The number of aromatic nitrogens is 1. The third-order valence-electron chi connectivity index (χ3n) is 16.0. The van der Waals surface area contributed by atoms with Gasteiger partial charge in [0, 0.05) is 39.1 Å². The summed E-state index contributed by atoms with van der Waals surface area (Å²) in [6.45, 7) is 0. The molecular formula is C73H49N3. The van der Waals surface area contributed by atoms with Crippen molar-refractivity contribution in [2.75, 3.05) is 9.80 Å². The van der Waals surface area contributed by atoms with Crippen LogP contribution in [0.15, 0.2) is 297 Å². The van der Waals surface area contributed by atoms with Gasteiger partial charge in [-0.1, -0.05) is 212 Å². The molecule has 3 heteroatoms. The Morgan fingerprint density at radius 2 is 0.789 bits per heavy atom. The maximum absolute atomic E-state index is 2.51. The van der Waals surface area contributed by atoms with Gasteiger partial charge < -0.3 is 14.4 Å². The quantitative estimate of drug-likeness (QED) is 0.150. The van der Waals surface area contributed by atoms with Crippen LogP contribution in [0, 0.1) is 0 Å². The molecule has 0 fully saturated rings. The number of rotatable bonds is 8. The molecule has 1 aliphatic carbocycles. The Kier molecular flexibility index (Phi) is 10.1. The van der Waals surface area contributed by atoms with Crippen LogP contribution in [0.1, 0.15) is 22.3 Å². The molecular weight excluding hydrogens is 919 g/mol. The molecule has 0 saturated carbocycles. The normalized spacial score (nSPS) is 12.8. The Morgan fingerprint density at radius 1 is 0.276 bits per heavy atom. The first-order chi connectivity index (χ1) is 37.7. The Hall–Kier alpha value is -9.96. The predicted octanol–water partition coefficient (Wildman–Crippen LogP) is 19.4. The van der Waals surface area contributed by atoms with Gasteiger partial charge in [-0.15, -0.1) is 0 Å². The molecule has 3 nitrogen and oxygen atoms in total. The summed E-state index contributed by atoms with van der Waals surface area (Å²) in [4.78, 5) is 4.94. The minimum atomic E-state index is -0.613. The lowest BCUT2D eigenvalue weighted by molar-refractivity contribution is 0.752. The summed E-state index contributed by atoms with van der Waals surface area (Å²) in [6, 6.07) is 109. The minimum Gasteiger partial charge on any atom is -0.310 e. The summed E-state index contributed by atoms with van der Waals surface area (Å²) in [5.41, 5.74) is 24.3. The highest BCUT2D eigenvalue weighted by atomic mass is 15.2. The van der Waals surface area contributed by atoms with E-state index in [1.165, 1.54) is 88.8 Å². The highest BCUT2D eigenvalue weighted by Gasteiger charge is 2.52. The van der Waals surface area contributed by atoms with E-state index >= 15 is 0 Å². The SMILES string of the molecule is c1ccc(-c2ccccc2-c2ccccc2N(c2ccc(-c3ccc4c(c3)c3ccccc3n4-c3ccccc3)cc2)c2ccc3c(c2)C2(c4ccccc4-3)c3ccccc3N(c3ccccc3)c3ccccc32)cc1. The minimum absolute atomic E-state index is 0.613. The van der Waals surface area contributed by atoms with Gasteiger partial charge in [0.15, 0.2) is 0 Å². The third-order valence-corrected chi connectivity index (χ3v) is 16.0. The Bertz CT molecular complexity index is 4300. The van der Waals surface area contributed by atoms with Crippen LogP contribution in [0.2, 0.25) is 0 Å². The predicted molar refractivity (Wildman–Crippen MR) is 317 cm³/mol. The number of hydrogen-bond acceptors (Lipinski definition) is 2. The molecule has 0 unspecified atom stereocenters. The van der Waals surface area contributed by atoms with E-state index in [0.29, 0.717) is 0 Å². The summed E-state index contributed by atoms with van der Waals surface area (Å²) >= 11 is 0. The maximum Gasteiger partial charge on any atom is 0.0755 e. The van der Waals surface area contributed by atoms with Crippen molar-refractivity contribution in [2.24, 2.45) is 0 Å². The Morgan fingerprint density at radius 3 is 1.51 bits per heavy atom. The van der Waals surface area contributed by atoms with Gasteiger partial charge in [-0.05, 0) is 146 Å². The van der Waals surface area contributed by atoms with Crippen LogP contribution in [-0.2, 0) is 5.41 Å². The van der Waals surface area contributed by atoms with Crippen molar-refractivity contribution in [3.63, 3.8) is 0 Å². The molecule has 0 atom stereocenters. The van der Waals surface area contributed by atoms with E-state index < -0.39 is 5.41 Å². The first-order valence-corrected chi connectivity index (χ1v) is 26.3. The summed E-state index contributed by atoms with van der Waals surface area (Å²) < 4.78 is 2.38. The Labute approximate surface area is 443 Å². The summed E-state index contributed by atoms with van der Waals surface area (Å²) in [5, 5.41) is 2.48. The monoisotopic (exact) mass is 967 g/mol. The van der Waals surface area contributed by atoms with Crippen molar-refractivity contribution in [1.29, 1.82) is 0 Å². The molecule has 1 aliphatic heterocycles. The van der Waals surface area contributed by atoms with Gasteiger partial charge in [0.1, 0.15) is 0 Å². The third kappa shape index (κ3) is 6.62. The second-order valence-electron chi connectivity index (χ2n) is 20.0.